The quantitative estimate of drug-likeness (QED) is 0.351. The molecule has 10 heteroatoms. The zero-order chi connectivity index (χ0) is 23.8. The van der Waals surface area contributed by atoms with Crippen molar-refractivity contribution in [2.45, 2.75) is 6.42 Å². The van der Waals surface area contributed by atoms with Crippen molar-refractivity contribution < 1.29 is 9.15 Å². The van der Waals surface area contributed by atoms with E-state index in [-0.39, 0.29) is 22.6 Å². The normalized spacial score (nSPS) is 11.9. The van der Waals surface area contributed by atoms with E-state index in [9.17, 15) is 9.59 Å². The number of methoxy groups -OCH3 is 1. The lowest BCUT2D eigenvalue weighted by Gasteiger charge is -2.02. The van der Waals surface area contributed by atoms with Crippen molar-refractivity contribution in [3.05, 3.63) is 107 Å². The highest BCUT2D eigenvalue weighted by Gasteiger charge is 2.13. The van der Waals surface area contributed by atoms with E-state index in [1.807, 2.05) is 12.1 Å². The number of furan rings is 1. The average Bonchev–Trinajstić information content (AvgIpc) is 3.41. The predicted molar refractivity (Wildman–Crippen MR) is 132 cm³/mol. The van der Waals surface area contributed by atoms with E-state index < -0.39 is 5.56 Å². The molecular weight excluding hydrogens is 497 g/mol. The van der Waals surface area contributed by atoms with E-state index in [0.29, 0.717) is 37.4 Å². The Labute approximate surface area is 206 Å². The van der Waals surface area contributed by atoms with Crippen LogP contribution in [-0.4, -0.2) is 21.7 Å². The Hall–Kier alpha value is -3.46. The van der Waals surface area contributed by atoms with Crippen molar-refractivity contribution in [3.63, 3.8) is 0 Å². The molecule has 3 aromatic heterocycles. The standard InChI is InChI=1S/C24H15Cl2N3O4S/c1-32-15-5-2-13(3-6-15)10-19-22(30)27-24-29(28-19)23(31)21(34-24)12-16-7-9-20(33-16)17-11-14(25)4-8-18(17)26/h2-9,11-12H,10H2,1H3/b21-12-. The van der Waals surface area contributed by atoms with Gasteiger partial charge >= 0.3 is 0 Å². The van der Waals surface area contributed by atoms with Crippen LogP contribution in [0.5, 0.6) is 5.75 Å². The van der Waals surface area contributed by atoms with Crippen molar-refractivity contribution >= 4 is 45.6 Å². The van der Waals surface area contributed by atoms with Gasteiger partial charge in [0.2, 0.25) is 4.96 Å². The maximum absolute atomic E-state index is 12.9. The summed E-state index contributed by atoms with van der Waals surface area (Å²) in [6.45, 7) is 0. The molecule has 0 N–H and O–H groups in total. The van der Waals surface area contributed by atoms with Crippen LogP contribution in [-0.2, 0) is 6.42 Å². The van der Waals surface area contributed by atoms with E-state index in [1.54, 1.807) is 55.7 Å². The molecule has 0 saturated heterocycles. The third-order valence-electron chi connectivity index (χ3n) is 5.07. The summed E-state index contributed by atoms with van der Waals surface area (Å²) in [7, 11) is 1.58. The minimum atomic E-state index is -0.473. The first-order chi connectivity index (χ1) is 16.4. The third-order valence-corrected chi connectivity index (χ3v) is 6.60. The molecule has 5 aromatic rings. The van der Waals surface area contributed by atoms with Gasteiger partial charge in [-0.3, -0.25) is 9.59 Å². The number of hydrogen-bond acceptors (Lipinski definition) is 7. The van der Waals surface area contributed by atoms with Crippen LogP contribution in [0.25, 0.3) is 22.4 Å². The molecule has 0 spiro atoms. The number of nitrogens with zero attached hydrogens (tertiary/aromatic N) is 3. The molecule has 0 aliphatic rings. The summed E-state index contributed by atoms with van der Waals surface area (Å²) < 4.78 is 12.5. The fraction of sp³-hybridized carbons (Fsp3) is 0.0833. The lowest BCUT2D eigenvalue weighted by atomic mass is 10.1. The number of benzene rings is 2. The van der Waals surface area contributed by atoms with E-state index >= 15 is 0 Å². The van der Waals surface area contributed by atoms with Gasteiger partial charge in [-0.1, -0.05) is 46.7 Å². The van der Waals surface area contributed by atoms with E-state index in [1.165, 1.54) is 0 Å². The summed E-state index contributed by atoms with van der Waals surface area (Å²) in [5.41, 5.74) is 0.815. The van der Waals surface area contributed by atoms with Crippen LogP contribution in [0, 0.1) is 0 Å². The highest BCUT2D eigenvalue weighted by molar-refractivity contribution is 7.15. The number of fused-ring (bicyclic) bond motifs is 1. The maximum atomic E-state index is 12.9. The molecule has 0 atom stereocenters. The predicted octanol–water partition coefficient (Wildman–Crippen LogP) is 4.23. The monoisotopic (exact) mass is 511 g/mol. The fourth-order valence-corrected chi connectivity index (χ4v) is 4.65. The average molecular weight is 512 g/mol. The summed E-state index contributed by atoms with van der Waals surface area (Å²) in [4.78, 5) is 29.7. The van der Waals surface area contributed by atoms with Crippen molar-refractivity contribution in [2.24, 2.45) is 0 Å². The molecule has 0 amide bonds. The van der Waals surface area contributed by atoms with E-state index in [2.05, 4.69) is 10.1 Å². The molecule has 3 heterocycles. The topological polar surface area (TPSA) is 86.7 Å². The molecule has 7 nitrogen and oxygen atoms in total. The molecule has 170 valence electrons. The van der Waals surface area contributed by atoms with Gasteiger partial charge in [0, 0.05) is 23.1 Å². The molecule has 0 fully saturated rings. The summed E-state index contributed by atoms with van der Waals surface area (Å²) in [5, 5.41) is 5.30. The molecule has 0 unspecified atom stereocenters. The first-order valence-electron chi connectivity index (χ1n) is 10.0. The van der Waals surface area contributed by atoms with Gasteiger partial charge in [0.15, 0.2) is 0 Å². The van der Waals surface area contributed by atoms with E-state index in [4.69, 9.17) is 32.4 Å². The van der Waals surface area contributed by atoms with Crippen LogP contribution >= 0.6 is 34.5 Å². The van der Waals surface area contributed by atoms with Crippen molar-refractivity contribution in [2.75, 3.05) is 7.11 Å². The molecular formula is C24H15Cl2N3O4S. The Morgan fingerprint density at radius 2 is 1.88 bits per heavy atom. The molecule has 0 bridgehead atoms. The van der Waals surface area contributed by atoms with Crippen molar-refractivity contribution in [3.8, 4) is 17.1 Å². The van der Waals surface area contributed by atoms with Gasteiger partial charge in [-0.05, 0) is 48.0 Å². The minimum absolute atomic E-state index is 0.181. The van der Waals surface area contributed by atoms with Gasteiger partial charge in [0.25, 0.3) is 11.1 Å². The summed E-state index contributed by atoms with van der Waals surface area (Å²) in [6, 6.07) is 15.8. The van der Waals surface area contributed by atoms with Crippen LogP contribution in [0.15, 0.2) is 68.6 Å². The Morgan fingerprint density at radius 1 is 1.09 bits per heavy atom. The van der Waals surface area contributed by atoms with Crippen LogP contribution in [0.2, 0.25) is 10.0 Å². The molecule has 0 radical (unpaired) electrons. The first-order valence-corrected chi connectivity index (χ1v) is 11.6. The lowest BCUT2D eigenvalue weighted by Crippen LogP contribution is -2.28. The maximum Gasteiger partial charge on any atom is 0.296 e. The van der Waals surface area contributed by atoms with Gasteiger partial charge in [-0.2, -0.15) is 14.6 Å². The highest BCUT2D eigenvalue weighted by Crippen LogP contribution is 2.31. The van der Waals surface area contributed by atoms with Crippen LogP contribution in [0.3, 0.4) is 0 Å². The third kappa shape index (κ3) is 4.35. The second-order valence-corrected chi connectivity index (χ2v) is 9.18. The van der Waals surface area contributed by atoms with Gasteiger partial charge in [0.05, 0.1) is 12.1 Å². The Balaban J connectivity index is 1.51. The largest absolute Gasteiger partial charge is 0.497 e. The van der Waals surface area contributed by atoms with Gasteiger partial charge in [-0.25, -0.2) is 0 Å². The van der Waals surface area contributed by atoms with E-state index in [0.717, 1.165) is 21.4 Å². The number of rotatable bonds is 5. The molecule has 0 aliphatic heterocycles. The first kappa shape index (κ1) is 22.3. The summed E-state index contributed by atoms with van der Waals surface area (Å²) in [6.07, 6.45) is 1.83. The fourth-order valence-electron chi connectivity index (χ4n) is 3.38. The van der Waals surface area contributed by atoms with Crippen LogP contribution in [0.4, 0.5) is 0 Å². The number of aromatic nitrogens is 3. The molecule has 5 rings (SSSR count). The van der Waals surface area contributed by atoms with Crippen molar-refractivity contribution in [1.82, 2.24) is 14.6 Å². The number of hydrogen-bond donors (Lipinski definition) is 0. The molecule has 34 heavy (non-hydrogen) atoms. The number of ether oxygens (including phenoxy) is 1. The smallest absolute Gasteiger partial charge is 0.296 e. The van der Waals surface area contributed by atoms with Gasteiger partial charge in [-0.15, -0.1) is 0 Å². The lowest BCUT2D eigenvalue weighted by molar-refractivity contribution is 0.414. The molecule has 2 aromatic carbocycles. The van der Waals surface area contributed by atoms with Gasteiger partial charge < -0.3 is 9.15 Å². The Kier molecular flexibility index (Phi) is 5.95. The minimum Gasteiger partial charge on any atom is -0.497 e. The summed E-state index contributed by atoms with van der Waals surface area (Å²) in [5.74, 6) is 1.66. The number of halogens is 2. The number of thiazole rings is 1. The molecule has 0 saturated carbocycles. The SMILES string of the molecule is COc1ccc(Cc2nn3c(=O)/c(=C/c4ccc(-c5cc(Cl)ccc5Cl)o4)sc3nc2=O)cc1. The zero-order valence-electron chi connectivity index (χ0n) is 17.6. The van der Waals surface area contributed by atoms with Gasteiger partial charge in [0.1, 0.15) is 27.5 Å². The van der Waals surface area contributed by atoms with Crippen molar-refractivity contribution in [1.29, 1.82) is 0 Å². The highest BCUT2D eigenvalue weighted by atomic mass is 35.5. The molecule has 0 aliphatic carbocycles. The Morgan fingerprint density at radius 3 is 2.65 bits per heavy atom. The Bertz CT molecular complexity index is 1690. The van der Waals surface area contributed by atoms with Crippen LogP contribution < -0.4 is 20.4 Å². The second kappa shape index (κ2) is 9.06. The zero-order valence-corrected chi connectivity index (χ0v) is 19.9. The second-order valence-electron chi connectivity index (χ2n) is 7.32. The summed E-state index contributed by atoms with van der Waals surface area (Å²) >= 11 is 13.4. The van der Waals surface area contributed by atoms with Crippen LogP contribution in [0.1, 0.15) is 17.0 Å².